The monoisotopic (exact) mass is 419 g/mol. The number of aromatic amines is 1. The number of aryl methyl sites for hydroxylation is 1. The van der Waals surface area contributed by atoms with Gasteiger partial charge in [0.15, 0.2) is 4.34 Å². The first-order valence-electron chi connectivity index (χ1n) is 8.94. The first-order chi connectivity index (χ1) is 13.0. The molecule has 9 heteroatoms. The fourth-order valence-electron chi connectivity index (χ4n) is 3.25. The van der Waals surface area contributed by atoms with Gasteiger partial charge in [-0.15, -0.1) is 28.1 Å². The molecule has 3 aromatic rings. The van der Waals surface area contributed by atoms with E-state index >= 15 is 0 Å². The second kappa shape index (κ2) is 7.73. The summed E-state index contributed by atoms with van der Waals surface area (Å²) in [5, 5.41) is 13.0. The predicted molar refractivity (Wildman–Crippen MR) is 114 cm³/mol. The molecular weight excluding hydrogens is 398 g/mol. The van der Waals surface area contributed by atoms with Crippen LogP contribution in [0.2, 0.25) is 0 Å². The minimum atomic E-state index is -0.0138. The van der Waals surface area contributed by atoms with Gasteiger partial charge < -0.3 is 10.3 Å². The van der Waals surface area contributed by atoms with Crippen molar-refractivity contribution in [1.82, 2.24) is 20.2 Å². The van der Waals surface area contributed by atoms with Crippen LogP contribution in [0.1, 0.15) is 41.8 Å². The summed E-state index contributed by atoms with van der Waals surface area (Å²) in [4.78, 5) is 22.7. The third-order valence-corrected chi connectivity index (χ3v) is 7.87. The highest BCUT2D eigenvalue weighted by molar-refractivity contribution is 8.01. The molecule has 3 heterocycles. The number of hydrogen-bond donors (Lipinski definition) is 2. The van der Waals surface area contributed by atoms with Crippen molar-refractivity contribution in [3.05, 3.63) is 39.3 Å². The number of anilines is 1. The lowest BCUT2D eigenvalue weighted by Crippen LogP contribution is -2.15. The van der Waals surface area contributed by atoms with Gasteiger partial charge in [0.2, 0.25) is 5.13 Å². The Labute approximate surface area is 169 Å². The molecule has 0 unspecified atom stereocenters. The fourth-order valence-corrected chi connectivity index (χ4v) is 6.60. The van der Waals surface area contributed by atoms with E-state index in [1.807, 2.05) is 6.92 Å². The third-order valence-electron chi connectivity index (χ3n) is 4.65. The molecule has 3 aromatic heterocycles. The van der Waals surface area contributed by atoms with E-state index in [1.165, 1.54) is 21.8 Å². The molecule has 1 aliphatic carbocycles. The van der Waals surface area contributed by atoms with Crippen molar-refractivity contribution in [3.8, 4) is 0 Å². The molecule has 1 aliphatic rings. The molecule has 2 N–H and O–H groups in total. The van der Waals surface area contributed by atoms with Gasteiger partial charge in [-0.3, -0.25) is 4.79 Å². The maximum atomic E-state index is 12.8. The van der Waals surface area contributed by atoms with Crippen LogP contribution in [0.15, 0.2) is 21.8 Å². The van der Waals surface area contributed by atoms with E-state index in [9.17, 15) is 4.79 Å². The molecule has 0 spiro atoms. The predicted octanol–water partition coefficient (Wildman–Crippen LogP) is 4.41. The number of thioether (sulfide) groups is 1. The fraction of sp³-hybridized carbons (Fsp3) is 0.444. The van der Waals surface area contributed by atoms with Gasteiger partial charge in [-0.25, -0.2) is 4.98 Å². The van der Waals surface area contributed by atoms with E-state index < -0.39 is 0 Å². The molecule has 0 bridgehead atoms. The minimum absolute atomic E-state index is 0.0136. The summed E-state index contributed by atoms with van der Waals surface area (Å²) >= 11 is 4.73. The quantitative estimate of drug-likeness (QED) is 0.455. The van der Waals surface area contributed by atoms with Crippen molar-refractivity contribution in [2.75, 3.05) is 11.9 Å². The van der Waals surface area contributed by atoms with Crippen molar-refractivity contribution in [3.63, 3.8) is 0 Å². The lowest BCUT2D eigenvalue weighted by atomic mass is 9.89. The van der Waals surface area contributed by atoms with E-state index in [1.54, 1.807) is 29.2 Å². The topological polar surface area (TPSA) is 83.6 Å². The highest BCUT2D eigenvalue weighted by Gasteiger charge is 2.24. The number of aromatic nitrogens is 4. The van der Waals surface area contributed by atoms with E-state index in [4.69, 9.17) is 4.98 Å². The van der Waals surface area contributed by atoms with Gasteiger partial charge in [0, 0.05) is 11.4 Å². The first-order valence-corrected chi connectivity index (χ1v) is 11.5. The summed E-state index contributed by atoms with van der Waals surface area (Å²) in [5.74, 6) is 1.37. The van der Waals surface area contributed by atoms with Crippen molar-refractivity contribution in [1.29, 1.82) is 0 Å². The largest absolute Gasteiger partial charge is 0.357 e. The molecular formula is C18H21N5OS3. The highest BCUT2D eigenvalue weighted by atomic mass is 32.2. The molecule has 0 fully saturated rings. The van der Waals surface area contributed by atoms with E-state index in [-0.39, 0.29) is 10.8 Å². The number of rotatable bonds is 6. The van der Waals surface area contributed by atoms with Crippen LogP contribution in [0.25, 0.3) is 10.2 Å². The Morgan fingerprint density at radius 2 is 2.30 bits per heavy atom. The molecule has 0 radical (unpaired) electrons. The van der Waals surface area contributed by atoms with E-state index in [0.29, 0.717) is 18.3 Å². The van der Waals surface area contributed by atoms with Crippen LogP contribution >= 0.6 is 34.4 Å². The van der Waals surface area contributed by atoms with Crippen LogP contribution < -0.4 is 10.9 Å². The van der Waals surface area contributed by atoms with E-state index in [2.05, 4.69) is 34.0 Å². The number of hydrogen-bond acceptors (Lipinski definition) is 8. The molecule has 0 aliphatic heterocycles. The Morgan fingerprint density at radius 1 is 1.44 bits per heavy atom. The molecule has 2 atom stereocenters. The van der Waals surface area contributed by atoms with Crippen LogP contribution in [-0.4, -0.2) is 26.7 Å². The first kappa shape index (κ1) is 18.6. The van der Waals surface area contributed by atoms with Gasteiger partial charge in [-0.2, -0.15) is 0 Å². The van der Waals surface area contributed by atoms with Crippen LogP contribution in [0.4, 0.5) is 5.13 Å². The van der Waals surface area contributed by atoms with E-state index in [0.717, 1.165) is 39.0 Å². The van der Waals surface area contributed by atoms with Gasteiger partial charge in [0.25, 0.3) is 5.56 Å². The Bertz CT molecular complexity index is 1040. The Morgan fingerprint density at radius 3 is 3.11 bits per heavy atom. The summed E-state index contributed by atoms with van der Waals surface area (Å²) in [6.07, 6.45) is 4.96. The summed E-state index contributed by atoms with van der Waals surface area (Å²) in [6, 6.07) is 0. The molecule has 0 amide bonds. The summed E-state index contributed by atoms with van der Waals surface area (Å²) in [5.41, 5.74) is 1.20. The lowest BCUT2D eigenvalue weighted by molar-refractivity contribution is 0.509. The Hall–Kier alpha value is -1.71. The molecule has 4 rings (SSSR count). The minimum Gasteiger partial charge on any atom is -0.357 e. The molecule has 27 heavy (non-hydrogen) atoms. The molecule has 142 valence electrons. The number of H-pyrrole nitrogens is 1. The smallest absolute Gasteiger partial charge is 0.259 e. The maximum Gasteiger partial charge on any atom is 0.259 e. The van der Waals surface area contributed by atoms with Crippen molar-refractivity contribution in [2.45, 2.75) is 42.7 Å². The summed E-state index contributed by atoms with van der Waals surface area (Å²) in [6.45, 7) is 8.64. The van der Waals surface area contributed by atoms with Crippen LogP contribution in [0.3, 0.4) is 0 Å². The zero-order valence-corrected chi connectivity index (χ0v) is 17.7. The number of nitrogens with zero attached hydrogens (tertiary/aromatic N) is 3. The van der Waals surface area contributed by atoms with Crippen LogP contribution in [0.5, 0.6) is 0 Å². The second-order valence-corrected chi connectivity index (χ2v) is 10.4. The third kappa shape index (κ3) is 3.81. The normalized spacial score (nSPS) is 17.6. The Kier molecular flexibility index (Phi) is 5.34. The number of fused-ring (bicyclic) bond motifs is 3. The van der Waals surface area contributed by atoms with Gasteiger partial charge >= 0.3 is 0 Å². The molecule has 0 aromatic carbocycles. The summed E-state index contributed by atoms with van der Waals surface area (Å²) in [7, 11) is 0. The summed E-state index contributed by atoms with van der Waals surface area (Å²) < 4.78 is 0.844. The van der Waals surface area contributed by atoms with Gasteiger partial charge in [-0.1, -0.05) is 36.1 Å². The second-order valence-electron chi connectivity index (χ2n) is 6.79. The Balaban J connectivity index is 1.59. The SMILES string of the molecule is C=CCNc1nnc(S[C@H](C)c2nc3sc4c(c3c(=O)[nH]2)CC[C@@H](C)C4)s1. The lowest BCUT2D eigenvalue weighted by Gasteiger charge is -2.17. The number of thiophene rings is 1. The standard InChI is InChI=1S/C18H21N5OS3/c1-4-7-19-17-22-23-18(27-17)25-10(3)14-20-15(24)13-11-6-5-9(2)8-12(11)26-16(13)21-14/h4,9-10H,1,5-8H2,2-3H3,(H,19,22)(H,20,21,24)/t9-,10-/m1/s1. The molecule has 0 saturated heterocycles. The highest BCUT2D eigenvalue weighted by Crippen LogP contribution is 2.38. The van der Waals surface area contributed by atoms with Crippen LogP contribution in [0, 0.1) is 5.92 Å². The maximum absolute atomic E-state index is 12.8. The molecule has 6 nitrogen and oxygen atoms in total. The van der Waals surface area contributed by atoms with Crippen LogP contribution in [-0.2, 0) is 12.8 Å². The van der Waals surface area contributed by atoms with Crippen molar-refractivity contribution < 1.29 is 0 Å². The average Bonchev–Trinajstić information content (AvgIpc) is 3.23. The van der Waals surface area contributed by atoms with Crippen molar-refractivity contribution in [2.24, 2.45) is 5.92 Å². The van der Waals surface area contributed by atoms with Crippen molar-refractivity contribution >= 4 is 49.8 Å². The zero-order chi connectivity index (χ0) is 19.0. The van der Waals surface area contributed by atoms with Gasteiger partial charge in [0.1, 0.15) is 10.7 Å². The molecule has 0 saturated carbocycles. The van der Waals surface area contributed by atoms with Gasteiger partial charge in [-0.05, 0) is 37.7 Å². The average molecular weight is 420 g/mol. The number of nitrogens with one attached hydrogen (secondary N) is 2. The zero-order valence-electron chi connectivity index (χ0n) is 15.2. The van der Waals surface area contributed by atoms with Gasteiger partial charge in [0.05, 0.1) is 10.6 Å².